The van der Waals surface area contributed by atoms with Gasteiger partial charge in [-0.2, -0.15) is 0 Å². The van der Waals surface area contributed by atoms with Crippen LogP contribution >= 0.6 is 0 Å². The van der Waals surface area contributed by atoms with Crippen LogP contribution in [0.4, 0.5) is 4.79 Å². The Kier molecular flexibility index (Phi) is 11.6. The number of hydrogen-bond acceptors (Lipinski definition) is 5. The second kappa shape index (κ2) is 13.9. The lowest BCUT2D eigenvalue weighted by Crippen LogP contribution is -2.49. The van der Waals surface area contributed by atoms with E-state index >= 15 is 0 Å². The molecule has 0 heterocycles. The summed E-state index contributed by atoms with van der Waals surface area (Å²) < 4.78 is 0. The van der Waals surface area contributed by atoms with Crippen LogP contribution in [0.1, 0.15) is 44.1 Å². The van der Waals surface area contributed by atoms with E-state index in [0.717, 1.165) is 25.1 Å². The quantitative estimate of drug-likeness (QED) is 0.230. The zero-order valence-corrected chi connectivity index (χ0v) is 16.7. The van der Waals surface area contributed by atoms with Gasteiger partial charge in [0.2, 0.25) is 0 Å². The van der Waals surface area contributed by atoms with Gasteiger partial charge in [-0.3, -0.25) is 9.59 Å². The Hall–Kier alpha value is -3.14. The van der Waals surface area contributed by atoms with Crippen LogP contribution in [0.2, 0.25) is 0 Å². The standard InChI is InChI=1S/C20H29N3O7/c24-17(25)10-9-16(19(28)29)23-20(30)22-15(12-18(26)27)8-4-5-11-21-13-14-6-2-1-3-7-14/h1-3,6-7,15-16,21H,4-5,8-13H2,(H,24,25)(H,26,27)(H,28,29)(H2,22,23,30). The first kappa shape index (κ1) is 24.9. The molecular formula is C20H29N3O7. The van der Waals surface area contributed by atoms with Crippen molar-refractivity contribution in [3.63, 3.8) is 0 Å². The molecular weight excluding hydrogens is 394 g/mol. The fourth-order valence-electron chi connectivity index (χ4n) is 2.82. The first-order chi connectivity index (χ1) is 14.3. The minimum atomic E-state index is -1.37. The van der Waals surface area contributed by atoms with Crippen LogP contribution in [0.3, 0.4) is 0 Å². The van der Waals surface area contributed by atoms with E-state index in [2.05, 4.69) is 16.0 Å². The molecule has 0 spiro atoms. The molecule has 1 aromatic carbocycles. The van der Waals surface area contributed by atoms with E-state index in [0.29, 0.717) is 12.8 Å². The predicted molar refractivity (Wildman–Crippen MR) is 108 cm³/mol. The monoisotopic (exact) mass is 423 g/mol. The third-order valence-electron chi connectivity index (χ3n) is 4.33. The maximum absolute atomic E-state index is 12.0. The summed E-state index contributed by atoms with van der Waals surface area (Å²) in [5, 5.41) is 34.7. The fraction of sp³-hybridized carbons (Fsp3) is 0.500. The first-order valence-corrected chi connectivity index (χ1v) is 9.76. The molecule has 0 aliphatic carbocycles. The van der Waals surface area contributed by atoms with Crippen molar-refractivity contribution < 1.29 is 34.5 Å². The van der Waals surface area contributed by atoms with E-state index < -0.39 is 42.4 Å². The molecule has 0 bridgehead atoms. The summed E-state index contributed by atoms with van der Waals surface area (Å²) in [6, 6.07) is 7.03. The average Bonchev–Trinajstić information content (AvgIpc) is 2.67. The van der Waals surface area contributed by atoms with E-state index in [4.69, 9.17) is 15.3 Å². The Morgan fingerprint density at radius 3 is 2.17 bits per heavy atom. The van der Waals surface area contributed by atoms with E-state index in [1.165, 1.54) is 0 Å². The van der Waals surface area contributed by atoms with Crippen LogP contribution in [0.15, 0.2) is 30.3 Å². The summed E-state index contributed by atoms with van der Waals surface area (Å²) >= 11 is 0. The van der Waals surface area contributed by atoms with Gasteiger partial charge in [0, 0.05) is 19.0 Å². The highest BCUT2D eigenvalue weighted by Gasteiger charge is 2.23. The Balaban J connectivity index is 2.38. The number of amides is 2. The largest absolute Gasteiger partial charge is 0.481 e. The maximum atomic E-state index is 12.0. The number of benzene rings is 1. The van der Waals surface area contributed by atoms with Gasteiger partial charge >= 0.3 is 23.9 Å². The highest BCUT2D eigenvalue weighted by Crippen LogP contribution is 2.06. The van der Waals surface area contributed by atoms with Gasteiger partial charge in [-0.05, 0) is 31.4 Å². The molecule has 0 saturated heterocycles. The molecule has 2 atom stereocenters. The van der Waals surface area contributed by atoms with Crippen LogP contribution in [-0.2, 0) is 20.9 Å². The van der Waals surface area contributed by atoms with E-state index in [1.807, 2.05) is 30.3 Å². The number of rotatable bonds is 15. The summed E-state index contributed by atoms with van der Waals surface area (Å²) in [7, 11) is 0. The van der Waals surface area contributed by atoms with Crippen molar-refractivity contribution in [3.05, 3.63) is 35.9 Å². The Bertz CT molecular complexity index is 697. The molecule has 1 rings (SSSR count). The molecule has 2 amide bonds. The zero-order chi connectivity index (χ0) is 22.4. The molecule has 0 radical (unpaired) electrons. The van der Waals surface area contributed by atoms with Crippen molar-refractivity contribution in [1.29, 1.82) is 0 Å². The Labute approximate surface area is 174 Å². The summed E-state index contributed by atoms with van der Waals surface area (Å²) in [5.74, 6) is -3.61. The molecule has 0 aliphatic rings. The molecule has 2 unspecified atom stereocenters. The lowest BCUT2D eigenvalue weighted by atomic mass is 10.1. The Morgan fingerprint density at radius 1 is 0.867 bits per heavy atom. The van der Waals surface area contributed by atoms with Gasteiger partial charge in [0.15, 0.2) is 0 Å². The van der Waals surface area contributed by atoms with Crippen LogP contribution in [-0.4, -0.2) is 57.9 Å². The summed E-state index contributed by atoms with van der Waals surface area (Å²) in [6.07, 6.45) is 0.891. The number of unbranched alkanes of at least 4 members (excludes halogenated alkanes) is 1. The molecule has 0 aliphatic heterocycles. The van der Waals surface area contributed by atoms with Gasteiger partial charge in [0.1, 0.15) is 6.04 Å². The lowest BCUT2D eigenvalue weighted by molar-refractivity contribution is -0.141. The minimum Gasteiger partial charge on any atom is -0.481 e. The second-order valence-electron chi connectivity index (χ2n) is 6.89. The number of carbonyl (C=O) groups excluding carboxylic acids is 1. The number of carboxylic acid groups (broad SMARTS) is 3. The SMILES string of the molecule is O=C(O)CCC(NC(=O)NC(CCCCNCc1ccccc1)CC(=O)O)C(=O)O. The topological polar surface area (TPSA) is 165 Å². The lowest BCUT2D eigenvalue weighted by Gasteiger charge is -2.20. The molecule has 30 heavy (non-hydrogen) atoms. The van der Waals surface area contributed by atoms with E-state index in [-0.39, 0.29) is 12.8 Å². The van der Waals surface area contributed by atoms with Crippen molar-refractivity contribution in [2.24, 2.45) is 0 Å². The van der Waals surface area contributed by atoms with Crippen molar-refractivity contribution in [3.8, 4) is 0 Å². The Morgan fingerprint density at radius 2 is 1.57 bits per heavy atom. The number of carbonyl (C=O) groups is 4. The summed E-state index contributed by atoms with van der Waals surface area (Å²) in [5.41, 5.74) is 1.16. The number of aliphatic carboxylic acids is 3. The first-order valence-electron chi connectivity index (χ1n) is 9.76. The zero-order valence-electron chi connectivity index (χ0n) is 16.7. The third-order valence-corrected chi connectivity index (χ3v) is 4.33. The van der Waals surface area contributed by atoms with Gasteiger partial charge in [-0.25, -0.2) is 9.59 Å². The minimum absolute atomic E-state index is 0.269. The van der Waals surface area contributed by atoms with Crippen LogP contribution < -0.4 is 16.0 Å². The molecule has 166 valence electrons. The number of urea groups is 1. The van der Waals surface area contributed by atoms with Gasteiger partial charge in [-0.1, -0.05) is 36.8 Å². The third kappa shape index (κ3) is 11.6. The molecule has 0 saturated carbocycles. The van der Waals surface area contributed by atoms with E-state index in [1.54, 1.807) is 0 Å². The molecule has 0 fully saturated rings. The van der Waals surface area contributed by atoms with Crippen LogP contribution in [0.25, 0.3) is 0 Å². The smallest absolute Gasteiger partial charge is 0.326 e. The second-order valence-corrected chi connectivity index (χ2v) is 6.89. The molecule has 10 nitrogen and oxygen atoms in total. The van der Waals surface area contributed by atoms with Gasteiger partial charge in [0.05, 0.1) is 6.42 Å². The maximum Gasteiger partial charge on any atom is 0.326 e. The number of carboxylic acids is 3. The number of hydrogen-bond donors (Lipinski definition) is 6. The van der Waals surface area contributed by atoms with Crippen molar-refractivity contribution in [1.82, 2.24) is 16.0 Å². The average molecular weight is 423 g/mol. The predicted octanol–water partition coefficient (Wildman–Crippen LogP) is 1.41. The van der Waals surface area contributed by atoms with Crippen LogP contribution in [0.5, 0.6) is 0 Å². The van der Waals surface area contributed by atoms with Crippen LogP contribution in [0, 0.1) is 0 Å². The van der Waals surface area contributed by atoms with Crippen molar-refractivity contribution in [2.45, 2.75) is 57.2 Å². The van der Waals surface area contributed by atoms with Gasteiger partial charge in [-0.15, -0.1) is 0 Å². The molecule has 6 N–H and O–H groups in total. The highest BCUT2D eigenvalue weighted by atomic mass is 16.4. The summed E-state index contributed by atoms with van der Waals surface area (Å²) in [4.78, 5) is 44.8. The highest BCUT2D eigenvalue weighted by molar-refractivity contribution is 5.83. The van der Waals surface area contributed by atoms with Gasteiger partial charge < -0.3 is 31.3 Å². The molecule has 10 heteroatoms. The van der Waals surface area contributed by atoms with Gasteiger partial charge in [0.25, 0.3) is 0 Å². The number of nitrogens with one attached hydrogen (secondary N) is 3. The normalized spacial score (nSPS) is 12.5. The van der Waals surface area contributed by atoms with Crippen molar-refractivity contribution in [2.75, 3.05) is 6.54 Å². The van der Waals surface area contributed by atoms with E-state index in [9.17, 15) is 19.2 Å². The molecule has 1 aromatic rings. The van der Waals surface area contributed by atoms with Crippen molar-refractivity contribution >= 4 is 23.9 Å². The summed E-state index contributed by atoms with van der Waals surface area (Å²) in [6.45, 7) is 1.46. The molecule has 0 aromatic heterocycles. The fourth-order valence-corrected chi connectivity index (χ4v) is 2.82.